The van der Waals surface area contributed by atoms with Crippen molar-refractivity contribution in [3.05, 3.63) is 53.6 Å². The van der Waals surface area contributed by atoms with Gasteiger partial charge in [-0.3, -0.25) is 0 Å². The maximum absolute atomic E-state index is 12.1. The minimum atomic E-state index is -4.75. The van der Waals surface area contributed by atoms with Gasteiger partial charge in [0.1, 0.15) is 17.2 Å². The Kier molecular flexibility index (Phi) is 6.12. The van der Waals surface area contributed by atoms with E-state index in [9.17, 15) is 18.3 Å². The van der Waals surface area contributed by atoms with Crippen molar-refractivity contribution in [2.45, 2.75) is 12.4 Å². The van der Waals surface area contributed by atoms with E-state index in [2.05, 4.69) is 4.74 Å². The predicted octanol–water partition coefficient (Wildman–Crippen LogP) is 3.77. The van der Waals surface area contributed by atoms with E-state index >= 15 is 0 Å². The highest BCUT2D eigenvalue weighted by Gasteiger charge is 2.31. The van der Waals surface area contributed by atoms with Crippen LogP contribution in [-0.2, 0) is 0 Å². The standard InChI is InChI=1S/C15H14F3NO3.ClH/c1-21-12-4-2-3-11(20)13(12)14(19)9-5-7-10(8-6-9)22-15(16,17)18;/h2-8,14,20H,19H2,1H3;1H/t14-;/m0./s1. The Balaban J connectivity index is 0.00000264. The molecule has 2 aromatic carbocycles. The number of halogens is 4. The summed E-state index contributed by atoms with van der Waals surface area (Å²) in [6.45, 7) is 0. The summed E-state index contributed by atoms with van der Waals surface area (Å²) in [7, 11) is 1.44. The fourth-order valence-corrected chi connectivity index (χ4v) is 2.07. The molecule has 0 aliphatic carbocycles. The predicted molar refractivity (Wildman–Crippen MR) is 81.1 cm³/mol. The lowest BCUT2D eigenvalue weighted by molar-refractivity contribution is -0.274. The van der Waals surface area contributed by atoms with Crippen molar-refractivity contribution in [2.75, 3.05) is 7.11 Å². The van der Waals surface area contributed by atoms with Gasteiger partial charge in [0.15, 0.2) is 0 Å². The number of methoxy groups -OCH3 is 1. The van der Waals surface area contributed by atoms with E-state index < -0.39 is 12.4 Å². The highest BCUT2D eigenvalue weighted by atomic mass is 35.5. The second kappa shape index (κ2) is 7.43. The number of aromatic hydroxyl groups is 1. The van der Waals surface area contributed by atoms with E-state index in [1.807, 2.05) is 0 Å². The number of hydrogen-bond acceptors (Lipinski definition) is 4. The van der Waals surface area contributed by atoms with Gasteiger partial charge in [0.05, 0.1) is 18.7 Å². The molecule has 0 bridgehead atoms. The molecule has 0 amide bonds. The minimum Gasteiger partial charge on any atom is -0.507 e. The zero-order valence-electron chi connectivity index (χ0n) is 12.0. The van der Waals surface area contributed by atoms with Crippen LogP contribution in [0.25, 0.3) is 0 Å². The summed E-state index contributed by atoms with van der Waals surface area (Å²) in [4.78, 5) is 0. The zero-order chi connectivity index (χ0) is 16.3. The van der Waals surface area contributed by atoms with Crippen LogP contribution in [0.3, 0.4) is 0 Å². The summed E-state index contributed by atoms with van der Waals surface area (Å²) in [5.74, 6) is -0.00159. The average molecular weight is 350 g/mol. The third-order valence-corrected chi connectivity index (χ3v) is 3.05. The molecule has 0 fully saturated rings. The molecule has 0 aromatic heterocycles. The van der Waals surface area contributed by atoms with E-state index in [0.717, 1.165) is 12.1 Å². The Labute approximate surface area is 137 Å². The Morgan fingerprint density at radius 2 is 1.70 bits per heavy atom. The van der Waals surface area contributed by atoms with Gasteiger partial charge >= 0.3 is 6.36 Å². The van der Waals surface area contributed by atoms with Gasteiger partial charge in [-0.1, -0.05) is 18.2 Å². The molecule has 2 aromatic rings. The van der Waals surface area contributed by atoms with E-state index in [4.69, 9.17) is 10.5 Å². The molecule has 0 spiro atoms. The number of phenolic OH excluding ortho intramolecular Hbond substituents is 1. The summed E-state index contributed by atoms with van der Waals surface area (Å²) in [5.41, 5.74) is 6.93. The molecule has 2 rings (SSSR count). The summed E-state index contributed by atoms with van der Waals surface area (Å²) in [5, 5.41) is 9.93. The number of benzene rings is 2. The first kappa shape index (κ1) is 18.9. The lowest BCUT2D eigenvalue weighted by Gasteiger charge is -2.18. The summed E-state index contributed by atoms with van der Waals surface area (Å²) < 4.78 is 45.3. The van der Waals surface area contributed by atoms with E-state index in [1.54, 1.807) is 12.1 Å². The van der Waals surface area contributed by atoms with Crippen LogP contribution in [0.4, 0.5) is 13.2 Å². The summed E-state index contributed by atoms with van der Waals surface area (Å²) >= 11 is 0. The van der Waals surface area contributed by atoms with Gasteiger partial charge < -0.3 is 20.3 Å². The molecule has 0 saturated carbocycles. The fraction of sp³-hybridized carbons (Fsp3) is 0.200. The number of ether oxygens (including phenoxy) is 2. The van der Waals surface area contributed by atoms with E-state index in [-0.39, 0.29) is 23.9 Å². The van der Waals surface area contributed by atoms with Crippen LogP contribution >= 0.6 is 12.4 Å². The largest absolute Gasteiger partial charge is 0.573 e. The molecule has 4 nitrogen and oxygen atoms in total. The van der Waals surface area contributed by atoms with Gasteiger partial charge in [-0.15, -0.1) is 25.6 Å². The van der Waals surface area contributed by atoms with Crippen LogP contribution in [0.1, 0.15) is 17.2 Å². The monoisotopic (exact) mass is 349 g/mol. The molecule has 0 aliphatic rings. The molecule has 126 valence electrons. The molecule has 0 unspecified atom stereocenters. The normalized spacial score (nSPS) is 12.2. The van der Waals surface area contributed by atoms with E-state index in [0.29, 0.717) is 16.9 Å². The molecule has 23 heavy (non-hydrogen) atoms. The van der Waals surface area contributed by atoms with Crippen LogP contribution in [0.15, 0.2) is 42.5 Å². The number of hydrogen-bond donors (Lipinski definition) is 2. The SMILES string of the molecule is COc1cccc(O)c1[C@@H](N)c1ccc(OC(F)(F)F)cc1.Cl. The van der Waals surface area contributed by atoms with Crippen molar-refractivity contribution in [1.29, 1.82) is 0 Å². The summed E-state index contributed by atoms with van der Waals surface area (Å²) in [6.07, 6.45) is -4.75. The maximum Gasteiger partial charge on any atom is 0.573 e. The van der Waals surface area contributed by atoms with Crippen molar-refractivity contribution in [3.8, 4) is 17.2 Å². The Morgan fingerprint density at radius 3 is 2.22 bits per heavy atom. The van der Waals surface area contributed by atoms with Crippen molar-refractivity contribution in [2.24, 2.45) is 5.73 Å². The van der Waals surface area contributed by atoms with Crippen LogP contribution in [-0.4, -0.2) is 18.6 Å². The van der Waals surface area contributed by atoms with Crippen molar-refractivity contribution in [1.82, 2.24) is 0 Å². The lowest BCUT2D eigenvalue weighted by atomic mass is 9.97. The second-order valence-electron chi connectivity index (χ2n) is 4.49. The smallest absolute Gasteiger partial charge is 0.507 e. The minimum absolute atomic E-state index is 0. The van der Waals surface area contributed by atoms with Crippen LogP contribution < -0.4 is 15.2 Å². The van der Waals surface area contributed by atoms with E-state index in [1.165, 1.54) is 25.3 Å². The van der Waals surface area contributed by atoms with Crippen LogP contribution in [0.5, 0.6) is 17.2 Å². The first-order valence-corrected chi connectivity index (χ1v) is 6.29. The number of phenols is 1. The topological polar surface area (TPSA) is 64.7 Å². The summed E-state index contributed by atoms with van der Waals surface area (Å²) in [6, 6.07) is 9.06. The van der Waals surface area contributed by atoms with Gasteiger partial charge in [-0.25, -0.2) is 0 Å². The van der Waals surface area contributed by atoms with Crippen molar-refractivity contribution >= 4 is 12.4 Å². The highest BCUT2D eigenvalue weighted by molar-refractivity contribution is 5.85. The van der Waals surface area contributed by atoms with Gasteiger partial charge in [0.25, 0.3) is 0 Å². The van der Waals surface area contributed by atoms with Crippen LogP contribution in [0.2, 0.25) is 0 Å². The maximum atomic E-state index is 12.1. The number of alkyl halides is 3. The number of rotatable bonds is 4. The Morgan fingerprint density at radius 1 is 1.09 bits per heavy atom. The molecular weight excluding hydrogens is 335 g/mol. The quantitative estimate of drug-likeness (QED) is 0.882. The Bertz CT molecular complexity index is 647. The highest BCUT2D eigenvalue weighted by Crippen LogP contribution is 2.35. The van der Waals surface area contributed by atoms with Crippen molar-refractivity contribution in [3.63, 3.8) is 0 Å². The average Bonchev–Trinajstić information content (AvgIpc) is 2.45. The van der Waals surface area contributed by atoms with Crippen LogP contribution in [0, 0.1) is 0 Å². The van der Waals surface area contributed by atoms with Gasteiger partial charge in [-0.2, -0.15) is 0 Å². The molecule has 1 atom stereocenters. The molecule has 0 heterocycles. The second-order valence-corrected chi connectivity index (χ2v) is 4.49. The molecule has 3 N–H and O–H groups in total. The van der Waals surface area contributed by atoms with Gasteiger partial charge in [0, 0.05) is 0 Å². The molecule has 8 heteroatoms. The first-order valence-electron chi connectivity index (χ1n) is 6.29. The molecular formula is C15H15ClF3NO3. The lowest BCUT2D eigenvalue weighted by Crippen LogP contribution is -2.17. The van der Waals surface area contributed by atoms with Gasteiger partial charge in [-0.05, 0) is 29.8 Å². The van der Waals surface area contributed by atoms with Gasteiger partial charge in [0.2, 0.25) is 0 Å². The fourth-order valence-electron chi connectivity index (χ4n) is 2.07. The molecule has 0 aliphatic heterocycles. The molecule has 0 radical (unpaired) electrons. The zero-order valence-corrected chi connectivity index (χ0v) is 12.8. The third-order valence-electron chi connectivity index (χ3n) is 3.05. The molecule has 0 saturated heterocycles. The Hall–Kier alpha value is -2.12. The number of nitrogens with two attached hydrogens (primary N) is 1. The van der Waals surface area contributed by atoms with Crippen molar-refractivity contribution < 1.29 is 27.8 Å². The third kappa shape index (κ3) is 4.67. The first-order chi connectivity index (χ1) is 10.3.